The second-order valence-electron chi connectivity index (χ2n) is 7.90. The molecule has 34 heavy (non-hydrogen) atoms. The van der Waals surface area contributed by atoms with Crippen LogP contribution in [0.3, 0.4) is 0 Å². The van der Waals surface area contributed by atoms with Crippen molar-refractivity contribution in [2.45, 2.75) is 70.1 Å². The molecule has 0 aromatic heterocycles. The number of hydrogen-bond donors (Lipinski definition) is 7. The van der Waals surface area contributed by atoms with E-state index < -0.39 is 72.0 Å². The van der Waals surface area contributed by atoms with E-state index in [4.69, 9.17) is 17.2 Å². The highest BCUT2D eigenvalue weighted by atomic mass is 32.2. The van der Waals surface area contributed by atoms with Crippen LogP contribution in [-0.4, -0.2) is 76.8 Å². The Bertz CT molecular complexity index is 751. The summed E-state index contributed by atoms with van der Waals surface area (Å²) >= 11 is 1.44. The lowest BCUT2D eigenvalue weighted by Gasteiger charge is -2.28. The highest BCUT2D eigenvalue weighted by molar-refractivity contribution is 7.98. The number of carbonyl (C=O) groups excluding carboxylic acids is 5. The van der Waals surface area contributed by atoms with Gasteiger partial charge < -0.3 is 38.3 Å². The molecular formula is C20H36N6O7S. The van der Waals surface area contributed by atoms with E-state index >= 15 is 0 Å². The van der Waals surface area contributed by atoms with Crippen molar-refractivity contribution in [2.24, 2.45) is 23.1 Å². The van der Waals surface area contributed by atoms with Gasteiger partial charge in [-0.3, -0.25) is 24.0 Å². The van der Waals surface area contributed by atoms with Gasteiger partial charge in [0.05, 0.1) is 12.5 Å². The van der Waals surface area contributed by atoms with Gasteiger partial charge in [-0.1, -0.05) is 20.3 Å². The Morgan fingerprint density at radius 3 is 1.94 bits per heavy atom. The van der Waals surface area contributed by atoms with Gasteiger partial charge >= 0.3 is 5.97 Å². The van der Waals surface area contributed by atoms with Crippen LogP contribution >= 0.6 is 11.8 Å². The first kappa shape index (κ1) is 31.1. The third-order valence-electron chi connectivity index (χ3n) is 5.10. The second kappa shape index (κ2) is 15.9. The molecule has 10 N–H and O–H groups in total. The summed E-state index contributed by atoms with van der Waals surface area (Å²) in [6, 6.07) is -4.77. The summed E-state index contributed by atoms with van der Waals surface area (Å²) in [6.07, 6.45) is 1.81. The third-order valence-corrected chi connectivity index (χ3v) is 5.74. The number of carboxylic acids is 1. The summed E-state index contributed by atoms with van der Waals surface area (Å²) < 4.78 is 0. The summed E-state index contributed by atoms with van der Waals surface area (Å²) in [5, 5.41) is 16.6. The van der Waals surface area contributed by atoms with E-state index in [0.29, 0.717) is 12.2 Å². The van der Waals surface area contributed by atoms with Crippen LogP contribution in [0.1, 0.15) is 46.0 Å². The second-order valence-corrected chi connectivity index (χ2v) is 8.88. The topological polar surface area (TPSA) is 237 Å². The summed E-state index contributed by atoms with van der Waals surface area (Å²) in [6.45, 7) is 3.46. The van der Waals surface area contributed by atoms with Crippen molar-refractivity contribution in [1.82, 2.24) is 16.0 Å². The van der Waals surface area contributed by atoms with Gasteiger partial charge in [-0.25, -0.2) is 4.79 Å². The maximum atomic E-state index is 13.0. The van der Waals surface area contributed by atoms with Crippen LogP contribution in [0.4, 0.5) is 0 Å². The molecule has 5 amide bonds. The molecule has 0 rings (SSSR count). The Morgan fingerprint density at radius 2 is 1.47 bits per heavy atom. The molecule has 0 aliphatic carbocycles. The van der Waals surface area contributed by atoms with E-state index in [0.717, 1.165) is 0 Å². The Kier molecular flexibility index (Phi) is 14.5. The first-order valence-electron chi connectivity index (χ1n) is 10.8. The van der Waals surface area contributed by atoms with Gasteiger partial charge in [-0.15, -0.1) is 0 Å². The number of aliphatic carboxylic acids is 1. The molecule has 0 aromatic carbocycles. The molecule has 0 heterocycles. The van der Waals surface area contributed by atoms with Crippen LogP contribution in [0.25, 0.3) is 0 Å². The third kappa shape index (κ3) is 11.8. The molecule has 0 fully saturated rings. The SMILES string of the molecule is CCC(C)C(NC(=O)C(CCSC)NC(=O)C(N)CCC(N)=O)C(=O)NC(CC(N)=O)C(=O)O. The standard InChI is InChI=1S/C20H36N6O7S/c1-4-10(2)16(19(31)25-13(20(32)33)9-15(23)28)26-18(30)12(7-8-34-3)24-17(29)11(21)5-6-14(22)27/h10-13,16H,4-9,21H2,1-3H3,(H2,22,27)(H2,23,28)(H,24,29)(H,25,31)(H,26,30)(H,32,33). The van der Waals surface area contributed by atoms with Crippen molar-refractivity contribution in [3.8, 4) is 0 Å². The van der Waals surface area contributed by atoms with E-state index in [1.54, 1.807) is 13.8 Å². The lowest BCUT2D eigenvalue weighted by molar-refractivity contribution is -0.144. The molecule has 0 bridgehead atoms. The zero-order valence-electron chi connectivity index (χ0n) is 19.7. The number of amides is 5. The van der Waals surface area contributed by atoms with Crippen molar-refractivity contribution < 1.29 is 33.9 Å². The number of thioether (sulfide) groups is 1. The molecule has 0 aliphatic heterocycles. The highest BCUT2D eigenvalue weighted by Crippen LogP contribution is 2.11. The van der Waals surface area contributed by atoms with E-state index in [1.165, 1.54) is 11.8 Å². The quantitative estimate of drug-likeness (QED) is 0.113. The Balaban J connectivity index is 5.50. The molecule has 0 spiro atoms. The van der Waals surface area contributed by atoms with Gasteiger partial charge in [0.25, 0.3) is 0 Å². The predicted octanol–water partition coefficient (Wildman–Crippen LogP) is -2.21. The van der Waals surface area contributed by atoms with E-state index in [9.17, 15) is 33.9 Å². The highest BCUT2D eigenvalue weighted by Gasteiger charge is 2.33. The lowest BCUT2D eigenvalue weighted by atomic mass is 9.97. The van der Waals surface area contributed by atoms with Crippen molar-refractivity contribution in [1.29, 1.82) is 0 Å². The molecule has 0 aliphatic rings. The Morgan fingerprint density at radius 1 is 0.882 bits per heavy atom. The minimum absolute atomic E-state index is 0.00632. The number of nitrogens with two attached hydrogens (primary N) is 3. The first-order chi connectivity index (χ1) is 15.8. The fraction of sp³-hybridized carbons (Fsp3) is 0.700. The van der Waals surface area contributed by atoms with Crippen LogP contribution in [0.2, 0.25) is 0 Å². The normalized spacial score (nSPS) is 15.2. The van der Waals surface area contributed by atoms with Gasteiger partial charge in [0, 0.05) is 6.42 Å². The average molecular weight is 505 g/mol. The number of carbonyl (C=O) groups is 6. The molecule has 13 nitrogen and oxygen atoms in total. The molecule has 194 valence electrons. The number of carboxylic acid groups (broad SMARTS) is 1. The van der Waals surface area contributed by atoms with Gasteiger partial charge in [0.2, 0.25) is 29.5 Å². The van der Waals surface area contributed by atoms with Crippen molar-refractivity contribution in [3.63, 3.8) is 0 Å². The smallest absolute Gasteiger partial charge is 0.326 e. The lowest BCUT2D eigenvalue weighted by Crippen LogP contribution is -2.59. The molecule has 0 aromatic rings. The largest absolute Gasteiger partial charge is 0.480 e. The zero-order chi connectivity index (χ0) is 26.4. The summed E-state index contributed by atoms with van der Waals surface area (Å²) in [4.78, 5) is 71.6. The number of rotatable bonds is 17. The summed E-state index contributed by atoms with van der Waals surface area (Å²) in [7, 11) is 0. The van der Waals surface area contributed by atoms with Gasteiger partial charge in [-0.05, 0) is 30.8 Å². The van der Waals surface area contributed by atoms with E-state index in [2.05, 4.69) is 16.0 Å². The fourth-order valence-corrected chi connectivity index (χ4v) is 3.30. The minimum atomic E-state index is -1.55. The van der Waals surface area contributed by atoms with Crippen LogP contribution in [0, 0.1) is 5.92 Å². The van der Waals surface area contributed by atoms with E-state index in [-0.39, 0.29) is 19.3 Å². The monoisotopic (exact) mass is 504 g/mol. The fourth-order valence-electron chi connectivity index (χ4n) is 2.83. The average Bonchev–Trinajstić information content (AvgIpc) is 2.76. The zero-order valence-corrected chi connectivity index (χ0v) is 20.5. The van der Waals surface area contributed by atoms with Crippen LogP contribution in [0.15, 0.2) is 0 Å². The predicted molar refractivity (Wildman–Crippen MR) is 126 cm³/mol. The van der Waals surface area contributed by atoms with Crippen LogP contribution in [-0.2, 0) is 28.8 Å². The number of primary amides is 2. The maximum absolute atomic E-state index is 13.0. The molecule has 5 atom stereocenters. The van der Waals surface area contributed by atoms with Crippen LogP contribution in [0.5, 0.6) is 0 Å². The van der Waals surface area contributed by atoms with Crippen molar-refractivity contribution in [2.75, 3.05) is 12.0 Å². The molecular weight excluding hydrogens is 468 g/mol. The minimum Gasteiger partial charge on any atom is -0.480 e. The Hall–Kier alpha value is -2.87. The molecule has 0 saturated carbocycles. The first-order valence-corrected chi connectivity index (χ1v) is 12.2. The van der Waals surface area contributed by atoms with Gasteiger partial charge in [0.1, 0.15) is 18.1 Å². The van der Waals surface area contributed by atoms with Crippen molar-refractivity contribution in [3.05, 3.63) is 0 Å². The number of nitrogens with one attached hydrogen (secondary N) is 3. The van der Waals surface area contributed by atoms with Gasteiger partial charge in [-0.2, -0.15) is 11.8 Å². The molecule has 14 heteroatoms. The maximum Gasteiger partial charge on any atom is 0.326 e. The molecule has 5 unspecified atom stereocenters. The van der Waals surface area contributed by atoms with Crippen LogP contribution < -0.4 is 33.2 Å². The molecule has 0 saturated heterocycles. The van der Waals surface area contributed by atoms with Crippen molar-refractivity contribution >= 4 is 47.3 Å². The summed E-state index contributed by atoms with van der Waals surface area (Å²) in [5.74, 6) is -4.98. The Labute approximate surface area is 202 Å². The molecule has 0 radical (unpaired) electrons. The van der Waals surface area contributed by atoms with E-state index in [1.807, 2.05) is 6.26 Å². The van der Waals surface area contributed by atoms with Gasteiger partial charge in [0.15, 0.2) is 0 Å². The summed E-state index contributed by atoms with van der Waals surface area (Å²) in [5.41, 5.74) is 15.9. The number of hydrogen-bond acceptors (Lipinski definition) is 8.